The topological polar surface area (TPSA) is 0 Å². The summed E-state index contributed by atoms with van der Waals surface area (Å²) in [6.45, 7) is 0. The zero-order valence-corrected chi connectivity index (χ0v) is 12.4. The van der Waals surface area contributed by atoms with Crippen LogP contribution in [0, 0.1) is 0 Å². The van der Waals surface area contributed by atoms with Gasteiger partial charge in [-0.05, 0) is 22.3 Å². The first-order chi connectivity index (χ1) is 10.9. The van der Waals surface area contributed by atoms with Gasteiger partial charge >= 0.3 is 0 Å². The first-order valence-corrected chi connectivity index (χ1v) is 7.80. The van der Waals surface area contributed by atoms with E-state index in [1.165, 1.54) is 22.3 Å². The Hall–Kier alpha value is -2.60. The van der Waals surface area contributed by atoms with E-state index in [0.717, 1.165) is 0 Å². The van der Waals surface area contributed by atoms with E-state index < -0.39 is 0 Å². The van der Waals surface area contributed by atoms with Gasteiger partial charge in [0, 0.05) is 11.8 Å². The van der Waals surface area contributed by atoms with Crippen LogP contribution < -0.4 is 0 Å². The molecule has 0 fully saturated rings. The van der Waals surface area contributed by atoms with Gasteiger partial charge in [-0.2, -0.15) is 0 Å². The van der Waals surface area contributed by atoms with Crippen molar-refractivity contribution >= 4 is 6.08 Å². The highest BCUT2D eigenvalue weighted by Gasteiger charge is 2.28. The standard InChI is InChI=1S/C22H18/c1-3-9-17(10-4-1)21-16-15-18-11-7-8-14-20(18)22(21)19-12-5-2-6-13-19/h1-16,21-22H. The second-order valence-electron chi connectivity index (χ2n) is 5.81. The summed E-state index contributed by atoms with van der Waals surface area (Å²) in [6.07, 6.45) is 4.63. The first kappa shape index (κ1) is 13.1. The molecule has 22 heavy (non-hydrogen) atoms. The van der Waals surface area contributed by atoms with E-state index in [-0.39, 0.29) is 0 Å². The lowest BCUT2D eigenvalue weighted by Crippen LogP contribution is -2.15. The molecule has 2 unspecified atom stereocenters. The number of benzene rings is 3. The molecule has 106 valence electrons. The zero-order valence-electron chi connectivity index (χ0n) is 12.4. The molecule has 0 amide bonds. The maximum absolute atomic E-state index is 2.36. The van der Waals surface area contributed by atoms with Crippen molar-refractivity contribution in [3.8, 4) is 0 Å². The highest BCUT2D eigenvalue weighted by Crippen LogP contribution is 2.44. The van der Waals surface area contributed by atoms with E-state index >= 15 is 0 Å². The van der Waals surface area contributed by atoms with E-state index in [1.807, 2.05) is 0 Å². The molecule has 1 aliphatic rings. The van der Waals surface area contributed by atoms with Crippen molar-refractivity contribution < 1.29 is 0 Å². The second kappa shape index (κ2) is 5.65. The summed E-state index contributed by atoms with van der Waals surface area (Å²) < 4.78 is 0. The van der Waals surface area contributed by atoms with Gasteiger partial charge < -0.3 is 0 Å². The van der Waals surface area contributed by atoms with Gasteiger partial charge in [0.25, 0.3) is 0 Å². The Labute approximate surface area is 131 Å². The number of rotatable bonds is 2. The van der Waals surface area contributed by atoms with E-state index in [4.69, 9.17) is 0 Å². The van der Waals surface area contributed by atoms with Crippen molar-refractivity contribution in [1.29, 1.82) is 0 Å². The normalized spacial score (nSPS) is 19.6. The lowest BCUT2D eigenvalue weighted by atomic mass is 9.73. The minimum Gasteiger partial charge on any atom is -0.0755 e. The average molecular weight is 282 g/mol. The summed E-state index contributed by atoms with van der Waals surface area (Å²) >= 11 is 0. The third-order valence-electron chi connectivity index (χ3n) is 4.52. The molecule has 0 aliphatic heterocycles. The molecule has 0 saturated carbocycles. The molecule has 0 spiro atoms. The summed E-state index contributed by atoms with van der Waals surface area (Å²) in [5, 5.41) is 0. The van der Waals surface area contributed by atoms with Gasteiger partial charge in [0.1, 0.15) is 0 Å². The van der Waals surface area contributed by atoms with Crippen LogP contribution in [0.1, 0.15) is 34.1 Å². The minimum atomic E-state index is 0.379. The summed E-state index contributed by atoms with van der Waals surface area (Å²) in [4.78, 5) is 0. The lowest BCUT2D eigenvalue weighted by Gasteiger charge is -2.31. The number of hydrogen-bond acceptors (Lipinski definition) is 0. The van der Waals surface area contributed by atoms with Gasteiger partial charge in [-0.25, -0.2) is 0 Å². The van der Waals surface area contributed by atoms with Crippen LogP contribution in [0.4, 0.5) is 0 Å². The van der Waals surface area contributed by atoms with Crippen molar-refractivity contribution in [2.45, 2.75) is 11.8 Å². The van der Waals surface area contributed by atoms with Gasteiger partial charge in [-0.15, -0.1) is 0 Å². The molecule has 0 heteroatoms. The van der Waals surface area contributed by atoms with Crippen LogP contribution in [0.5, 0.6) is 0 Å². The average Bonchev–Trinajstić information content (AvgIpc) is 2.62. The monoisotopic (exact) mass is 282 g/mol. The Bertz CT molecular complexity index is 785. The van der Waals surface area contributed by atoms with E-state index in [1.54, 1.807) is 0 Å². The molecule has 0 saturated heterocycles. The van der Waals surface area contributed by atoms with Crippen molar-refractivity contribution in [1.82, 2.24) is 0 Å². The van der Waals surface area contributed by atoms with Crippen molar-refractivity contribution in [3.63, 3.8) is 0 Å². The number of hydrogen-bond donors (Lipinski definition) is 0. The fraction of sp³-hybridized carbons (Fsp3) is 0.0909. The number of fused-ring (bicyclic) bond motifs is 1. The van der Waals surface area contributed by atoms with E-state index in [2.05, 4.69) is 97.1 Å². The molecular weight excluding hydrogens is 264 g/mol. The summed E-state index contributed by atoms with van der Waals surface area (Å²) in [5.41, 5.74) is 5.52. The highest BCUT2D eigenvalue weighted by molar-refractivity contribution is 5.62. The third kappa shape index (κ3) is 2.27. The molecule has 0 bridgehead atoms. The Morgan fingerprint density at radius 3 is 1.86 bits per heavy atom. The van der Waals surface area contributed by atoms with Gasteiger partial charge in [0.15, 0.2) is 0 Å². The van der Waals surface area contributed by atoms with Crippen LogP contribution in [-0.4, -0.2) is 0 Å². The summed E-state index contributed by atoms with van der Waals surface area (Å²) in [5.74, 6) is 0.767. The van der Waals surface area contributed by atoms with Gasteiger partial charge in [-0.1, -0.05) is 97.1 Å². The molecule has 4 rings (SSSR count). The van der Waals surface area contributed by atoms with Crippen LogP contribution in [0.2, 0.25) is 0 Å². The predicted molar refractivity (Wildman–Crippen MR) is 92.9 cm³/mol. The molecule has 0 nitrogen and oxygen atoms in total. The van der Waals surface area contributed by atoms with E-state index in [9.17, 15) is 0 Å². The largest absolute Gasteiger partial charge is 0.0755 e. The fourth-order valence-electron chi connectivity index (χ4n) is 3.48. The van der Waals surface area contributed by atoms with Crippen LogP contribution in [-0.2, 0) is 0 Å². The maximum Gasteiger partial charge on any atom is 0.0199 e. The van der Waals surface area contributed by atoms with Crippen LogP contribution in [0.3, 0.4) is 0 Å². The quantitative estimate of drug-likeness (QED) is 0.571. The first-order valence-electron chi connectivity index (χ1n) is 7.80. The SMILES string of the molecule is C1=CC(c2ccccc2)C(c2ccccc2)c2ccccc21. The van der Waals surface area contributed by atoms with Gasteiger partial charge in [0.2, 0.25) is 0 Å². The summed E-state index contributed by atoms with van der Waals surface area (Å²) in [7, 11) is 0. The molecule has 3 aromatic rings. The van der Waals surface area contributed by atoms with Crippen molar-refractivity contribution in [2.75, 3.05) is 0 Å². The molecule has 0 N–H and O–H groups in total. The molecule has 3 aromatic carbocycles. The Morgan fingerprint density at radius 1 is 0.545 bits per heavy atom. The Kier molecular flexibility index (Phi) is 3.36. The zero-order chi connectivity index (χ0) is 14.8. The van der Waals surface area contributed by atoms with Gasteiger partial charge in [-0.3, -0.25) is 0 Å². The predicted octanol–water partition coefficient (Wildman–Crippen LogP) is 5.63. The van der Waals surface area contributed by atoms with Gasteiger partial charge in [0.05, 0.1) is 0 Å². The molecule has 0 heterocycles. The molecule has 1 aliphatic carbocycles. The van der Waals surface area contributed by atoms with Crippen LogP contribution >= 0.6 is 0 Å². The Morgan fingerprint density at radius 2 is 1.14 bits per heavy atom. The number of allylic oxidation sites excluding steroid dienone is 1. The molecule has 0 aromatic heterocycles. The highest BCUT2D eigenvalue weighted by atomic mass is 14.3. The van der Waals surface area contributed by atoms with Crippen molar-refractivity contribution in [2.24, 2.45) is 0 Å². The van der Waals surface area contributed by atoms with Crippen LogP contribution in [0.15, 0.2) is 91.0 Å². The third-order valence-corrected chi connectivity index (χ3v) is 4.52. The maximum atomic E-state index is 2.36. The van der Waals surface area contributed by atoms with Crippen molar-refractivity contribution in [3.05, 3.63) is 113 Å². The summed E-state index contributed by atoms with van der Waals surface area (Å²) in [6, 6.07) is 30.4. The molecule has 0 radical (unpaired) electrons. The minimum absolute atomic E-state index is 0.379. The molecular formula is C22H18. The Balaban J connectivity index is 1.89. The smallest absolute Gasteiger partial charge is 0.0199 e. The lowest BCUT2D eigenvalue weighted by molar-refractivity contribution is 0.707. The molecule has 2 atom stereocenters. The fourth-order valence-corrected chi connectivity index (χ4v) is 3.48. The van der Waals surface area contributed by atoms with Crippen LogP contribution in [0.25, 0.3) is 6.08 Å². The second-order valence-corrected chi connectivity index (χ2v) is 5.81. The van der Waals surface area contributed by atoms with E-state index in [0.29, 0.717) is 11.8 Å².